The molecule has 1 aliphatic carbocycles. The van der Waals surface area contributed by atoms with Crippen LogP contribution in [0.2, 0.25) is 5.02 Å². The fourth-order valence-electron chi connectivity index (χ4n) is 4.83. The maximum Gasteiger partial charge on any atom is 0.303 e. The van der Waals surface area contributed by atoms with Crippen LogP contribution < -0.4 is 5.32 Å². The minimum Gasteiger partial charge on any atom is -0.481 e. The van der Waals surface area contributed by atoms with Gasteiger partial charge in [-0.05, 0) is 86.8 Å². The number of β-amino-alcohol motifs (C(OH)–C–C–N with tert-alkyl or cyclic N) is 1. The first-order chi connectivity index (χ1) is 16.0. The zero-order valence-corrected chi connectivity index (χ0v) is 20.9. The molecule has 0 amide bonds. The number of hydrogen-bond donors (Lipinski definition) is 3. The Balaban J connectivity index is 1.48. The van der Waals surface area contributed by atoms with E-state index in [4.69, 9.17) is 21.4 Å². The number of aliphatic hydroxyl groups excluding tert-OH is 1. The highest BCUT2D eigenvalue weighted by atomic mass is 35.5. The molecule has 0 spiro atoms. The Labute approximate surface area is 206 Å². The SMILES string of the molecule is C[C@@H](OC[C@H](O)CNC(C)(C)CC1Cc2ccccc2C1)c1cc(F)c(Cl)cc1CCC(=O)O. The molecule has 3 rings (SSSR count). The van der Waals surface area contributed by atoms with Gasteiger partial charge in [-0.1, -0.05) is 35.9 Å². The molecule has 0 saturated heterocycles. The summed E-state index contributed by atoms with van der Waals surface area (Å²) in [5.74, 6) is -0.938. The van der Waals surface area contributed by atoms with Crippen LogP contribution in [-0.2, 0) is 28.8 Å². The van der Waals surface area contributed by atoms with Gasteiger partial charge in [0.15, 0.2) is 0 Å². The third kappa shape index (κ3) is 7.51. The highest BCUT2D eigenvalue weighted by Gasteiger charge is 2.28. The lowest BCUT2D eigenvalue weighted by Gasteiger charge is -2.31. The van der Waals surface area contributed by atoms with Crippen molar-refractivity contribution in [2.45, 2.75) is 70.6 Å². The summed E-state index contributed by atoms with van der Waals surface area (Å²) < 4.78 is 19.9. The molecular weight excluding hydrogens is 457 g/mol. The average molecular weight is 492 g/mol. The van der Waals surface area contributed by atoms with Crippen LogP contribution in [0.3, 0.4) is 0 Å². The molecule has 34 heavy (non-hydrogen) atoms. The van der Waals surface area contributed by atoms with Gasteiger partial charge in [0.2, 0.25) is 0 Å². The number of aliphatic hydroxyl groups is 1. The molecule has 2 aromatic rings. The normalized spacial score (nSPS) is 15.8. The summed E-state index contributed by atoms with van der Waals surface area (Å²) in [6.07, 6.45) is 2.07. The standard InChI is InChI=1S/C27H35ClFNO4/c1-17(23-13-25(29)24(28)12-21(23)8-9-26(32)33)34-16-22(31)15-30-27(2,3)14-18-10-19-6-4-5-7-20(19)11-18/h4-7,12-13,17-18,22,30-31H,8-11,14-16H2,1-3H3,(H,32,33)/t17-,22-/m1/s1. The summed E-state index contributed by atoms with van der Waals surface area (Å²) in [6, 6.07) is 11.3. The predicted octanol–water partition coefficient (Wildman–Crippen LogP) is 5.11. The van der Waals surface area contributed by atoms with E-state index in [1.807, 2.05) is 0 Å². The van der Waals surface area contributed by atoms with Crippen LogP contribution in [0.15, 0.2) is 36.4 Å². The number of hydrogen-bond acceptors (Lipinski definition) is 4. The van der Waals surface area contributed by atoms with Crippen LogP contribution in [0.25, 0.3) is 0 Å². The second-order valence-corrected chi connectivity index (χ2v) is 10.4. The summed E-state index contributed by atoms with van der Waals surface area (Å²) in [6.45, 7) is 6.51. The summed E-state index contributed by atoms with van der Waals surface area (Å²) in [4.78, 5) is 11.0. The quantitative estimate of drug-likeness (QED) is 0.384. The second-order valence-electron chi connectivity index (χ2n) is 10.0. The predicted molar refractivity (Wildman–Crippen MR) is 132 cm³/mol. The Hall–Kier alpha value is -1.99. The van der Waals surface area contributed by atoms with Crippen LogP contribution >= 0.6 is 11.6 Å². The first-order valence-corrected chi connectivity index (χ1v) is 12.2. The molecule has 0 unspecified atom stereocenters. The molecule has 0 fully saturated rings. The van der Waals surface area contributed by atoms with Gasteiger partial charge in [0.05, 0.1) is 23.8 Å². The van der Waals surface area contributed by atoms with Crippen molar-refractivity contribution in [3.63, 3.8) is 0 Å². The minimum absolute atomic E-state index is 0.0480. The van der Waals surface area contributed by atoms with Gasteiger partial charge in [-0.3, -0.25) is 4.79 Å². The van der Waals surface area contributed by atoms with E-state index in [0.29, 0.717) is 23.6 Å². The zero-order chi connectivity index (χ0) is 24.9. The zero-order valence-electron chi connectivity index (χ0n) is 20.1. The molecule has 5 nitrogen and oxygen atoms in total. The van der Waals surface area contributed by atoms with Crippen LogP contribution in [0.4, 0.5) is 4.39 Å². The second kappa shape index (κ2) is 11.6. The number of nitrogens with one attached hydrogen (secondary N) is 1. The first-order valence-electron chi connectivity index (χ1n) is 11.8. The lowest BCUT2D eigenvalue weighted by atomic mass is 9.88. The summed E-state index contributed by atoms with van der Waals surface area (Å²) in [5, 5.41) is 22.9. The van der Waals surface area contributed by atoms with E-state index in [1.54, 1.807) is 6.92 Å². The Morgan fingerprint density at radius 2 is 1.91 bits per heavy atom. The third-order valence-electron chi connectivity index (χ3n) is 6.52. The molecule has 186 valence electrons. The molecule has 3 N–H and O–H groups in total. The van der Waals surface area contributed by atoms with Crippen molar-refractivity contribution in [3.05, 3.63) is 69.5 Å². The molecule has 2 aromatic carbocycles. The van der Waals surface area contributed by atoms with E-state index in [0.717, 1.165) is 19.3 Å². The van der Waals surface area contributed by atoms with Crippen molar-refractivity contribution in [2.24, 2.45) is 5.92 Å². The summed E-state index contributed by atoms with van der Waals surface area (Å²) in [7, 11) is 0. The topological polar surface area (TPSA) is 78.8 Å². The van der Waals surface area contributed by atoms with Gasteiger partial charge in [-0.2, -0.15) is 0 Å². The van der Waals surface area contributed by atoms with Gasteiger partial charge in [-0.25, -0.2) is 4.39 Å². The molecular formula is C27H35ClFNO4. The Morgan fingerprint density at radius 3 is 2.53 bits per heavy atom. The fourth-order valence-corrected chi connectivity index (χ4v) is 5.01. The van der Waals surface area contributed by atoms with Gasteiger partial charge in [0.1, 0.15) is 5.82 Å². The highest BCUT2D eigenvalue weighted by Crippen LogP contribution is 2.32. The maximum atomic E-state index is 14.1. The van der Waals surface area contributed by atoms with Gasteiger partial charge in [0.25, 0.3) is 0 Å². The number of rotatable bonds is 12. The lowest BCUT2D eigenvalue weighted by molar-refractivity contribution is -0.136. The number of aliphatic carboxylic acids is 1. The number of carboxylic acids is 1. The van der Waals surface area contributed by atoms with E-state index < -0.39 is 24.0 Å². The molecule has 1 aliphatic rings. The third-order valence-corrected chi connectivity index (χ3v) is 6.81. The molecule has 0 saturated carbocycles. The smallest absolute Gasteiger partial charge is 0.303 e. The highest BCUT2D eigenvalue weighted by molar-refractivity contribution is 6.30. The number of ether oxygens (including phenoxy) is 1. The number of carbonyl (C=O) groups is 1. The molecule has 0 heterocycles. The Morgan fingerprint density at radius 1 is 1.26 bits per heavy atom. The van der Waals surface area contributed by atoms with Crippen LogP contribution in [0, 0.1) is 11.7 Å². The maximum absolute atomic E-state index is 14.1. The summed E-state index contributed by atoms with van der Waals surface area (Å²) in [5.41, 5.74) is 3.92. The number of benzene rings is 2. The lowest BCUT2D eigenvalue weighted by Crippen LogP contribution is -2.45. The molecule has 0 aromatic heterocycles. The van der Waals surface area contributed by atoms with Crippen LogP contribution in [0.1, 0.15) is 62.0 Å². The van der Waals surface area contributed by atoms with Crippen molar-refractivity contribution in [1.82, 2.24) is 5.32 Å². The van der Waals surface area contributed by atoms with Crippen molar-refractivity contribution >= 4 is 17.6 Å². The molecule has 2 atom stereocenters. The molecule has 0 radical (unpaired) electrons. The monoisotopic (exact) mass is 491 g/mol. The number of halogens is 2. The van der Waals surface area contributed by atoms with Gasteiger partial charge < -0.3 is 20.3 Å². The largest absolute Gasteiger partial charge is 0.481 e. The number of aryl methyl sites for hydroxylation is 1. The van der Waals surface area contributed by atoms with Crippen molar-refractivity contribution in [2.75, 3.05) is 13.2 Å². The van der Waals surface area contributed by atoms with Gasteiger partial charge in [0, 0.05) is 18.5 Å². The van der Waals surface area contributed by atoms with E-state index in [1.165, 1.54) is 23.3 Å². The fraction of sp³-hybridized carbons (Fsp3) is 0.519. The van der Waals surface area contributed by atoms with Crippen molar-refractivity contribution < 1.29 is 24.1 Å². The van der Waals surface area contributed by atoms with E-state index >= 15 is 0 Å². The van der Waals surface area contributed by atoms with Crippen molar-refractivity contribution in [3.8, 4) is 0 Å². The molecule has 0 bridgehead atoms. The van der Waals surface area contributed by atoms with Gasteiger partial charge >= 0.3 is 5.97 Å². The number of carboxylic acid groups (broad SMARTS) is 1. The number of fused-ring (bicyclic) bond motifs is 1. The first kappa shape index (κ1) is 26.6. The Bertz CT molecular complexity index is 972. The van der Waals surface area contributed by atoms with E-state index in [2.05, 4.69) is 43.4 Å². The van der Waals surface area contributed by atoms with Crippen molar-refractivity contribution in [1.29, 1.82) is 0 Å². The van der Waals surface area contributed by atoms with E-state index in [-0.39, 0.29) is 30.0 Å². The van der Waals surface area contributed by atoms with Crippen LogP contribution in [0.5, 0.6) is 0 Å². The average Bonchev–Trinajstić information content (AvgIpc) is 3.18. The Kier molecular flexibility index (Phi) is 9.10. The van der Waals surface area contributed by atoms with Crippen LogP contribution in [-0.4, -0.2) is 41.0 Å². The van der Waals surface area contributed by atoms with Gasteiger partial charge in [-0.15, -0.1) is 0 Å². The summed E-state index contributed by atoms with van der Waals surface area (Å²) >= 11 is 5.89. The minimum atomic E-state index is -0.939. The molecule has 7 heteroatoms. The van der Waals surface area contributed by atoms with E-state index in [9.17, 15) is 14.3 Å². The molecule has 0 aliphatic heterocycles.